The smallest absolute Gasteiger partial charge is 0.190 e. The summed E-state index contributed by atoms with van der Waals surface area (Å²) in [6.45, 7) is 1.91. The predicted molar refractivity (Wildman–Crippen MR) is 106 cm³/mol. The zero-order chi connectivity index (χ0) is 19.4. The predicted octanol–water partition coefficient (Wildman–Crippen LogP) is 4.38. The van der Waals surface area contributed by atoms with E-state index in [1.54, 1.807) is 14.2 Å². The van der Waals surface area contributed by atoms with Crippen molar-refractivity contribution in [2.24, 2.45) is 0 Å². The van der Waals surface area contributed by atoms with Crippen LogP contribution in [0.3, 0.4) is 0 Å². The van der Waals surface area contributed by atoms with E-state index in [-0.39, 0.29) is 11.7 Å². The number of methoxy groups -OCH3 is 2. The van der Waals surface area contributed by atoms with Crippen molar-refractivity contribution < 1.29 is 19.4 Å². The van der Waals surface area contributed by atoms with Gasteiger partial charge in [0, 0.05) is 5.92 Å². The van der Waals surface area contributed by atoms with Crippen molar-refractivity contribution >= 4 is 11.9 Å². The quantitative estimate of drug-likeness (QED) is 0.798. The van der Waals surface area contributed by atoms with Gasteiger partial charge >= 0.3 is 0 Å². The summed E-state index contributed by atoms with van der Waals surface area (Å²) in [5.41, 5.74) is 1.15. The number of Topliss-reactive ketones (excluding diaryl/α,β-unsaturated/α-hetero) is 1. The van der Waals surface area contributed by atoms with Crippen LogP contribution in [0.1, 0.15) is 43.2 Å². The minimum Gasteiger partial charge on any atom is -0.497 e. The Bertz CT molecular complexity index is 820. The molecular formula is C23H26O4. The van der Waals surface area contributed by atoms with Crippen LogP contribution in [0.25, 0.3) is 6.08 Å². The maximum Gasteiger partial charge on any atom is 0.190 e. The fourth-order valence-corrected chi connectivity index (χ4v) is 3.67. The van der Waals surface area contributed by atoms with E-state index >= 15 is 0 Å². The topological polar surface area (TPSA) is 55.8 Å². The summed E-state index contributed by atoms with van der Waals surface area (Å²) >= 11 is 0. The lowest BCUT2D eigenvalue weighted by Gasteiger charge is -2.37. The second-order valence-corrected chi connectivity index (χ2v) is 7.04. The summed E-state index contributed by atoms with van der Waals surface area (Å²) in [4.78, 5) is 13.1. The molecule has 142 valence electrons. The van der Waals surface area contributed by atoms with E-state index in [1.165, 1.54) is 0 Å². The molecule has 0 spiro atoms. The number of carbonyl (C=O) groups excluding carboxylic acids is 1. The Morgan fingerprint density at radius 2 is 1.56 bits per heavy atom. The lowest BCUT2D eigenvalue weighted by Crippen LogP contribution is -2.46. The van der Waals surface area contributed by atoms with E-state index in [0.29, 0.717) is 18.4 Å². The van der Waals surface area contributed by atoms with Gasteiger partial charge in [0.2, 0.25) is 0 Å². The van der Waals surface area contributed by atoms with E-state index in [9.17, 15) is 9.90 Å². The van der Waals surface area contributed by atoms with Gasteiger partial charge in [0.25, 0.3) is 0 Å². The van der Waals surface area contributed by atoms with Crippen molar-refractivity contribution in [1.82, 2.24) is 0 Å². The Kier molecular flexibility index (Phi) is 5.66. The molecule has 1 aliphatic carbocycles. The van der Waals surface area contributed by atoms with Crippen LogP contribution in [0.4, 0.5) is 0 Å². The van der Waals surface area contributed by atoms with Gasteiger partial charge in [0.05, 0.1) is 14.2 Å². The van der Waals surface area contributed by atoms with Gasteiger partial charge in [0.1, 0.15) is 17.1 Å². The number of rotatable bonds is 5. The first-order valence-electron chi connectivity index (χ1n) is 9.23. The molecule has 0 amide bonds. The van der Waals surface area contributed by atoms with Gasteiger partial charge in [-0.25, -0.2) is 0 Å². The summed E-state index contributed by atoms with van der Waals surface area (Å²) in [7, 11) is 3.24. The molecule has 1 N–H and O–H groups in total. The minimum atomic E-state index is -1.38. The molecule has 4 nitrogen and oxygen atoms in total. The Labute approximate surface area is 160 Å². The first-order valence-corrected chi connectivity index (χ1v) is 9.23. The fourth-order valence-electron chi connectivity index (χ4n) is 3.67. The van der Waals surface area contributed by atoms with E-state index in [2.05, 4.69) is 0 Å². The summed E-state index contributed by atoms with van der Waals surface area (Å²) in [6.07, 6.45) is 3.82. The molecule has 4 heteroatoms. The Morgan fingerprint density at radius 3 is 2.11 bits per heavy atom. The van der Waals surface area contributed by atoms with Gasteiger partial charge in [-0.2, -0.15) is 0 Å². The maximum absolute atomic E-state index is 13.1. The normalized spacial score (nSPS) is 22.5. The third kappa shape index (κ3) is 3.91. The van der Waals surface area contributed by atoms with Crippen molar-refractivity contribution in [2.75, 3.05) is 14.2 Å². The first kappa shape index (κ1) is 19.2. The molecule has 0 heterocycles. The van der Waals surface area contributed by atoms with Crippen LogP contribution in [0.5, 0.6) is 11.5 Å². The van der Waals surface area contributed by atoms with Crippen LogP contribution >= 0.6 is 0 Å². The molecule has 27 heavy (non-hydrogen) atoms. The third-order valence-corrected chi connectivity index (χ3v) is 5.48. The van der Waals surface area contributed by atoms with Gasteiger partial charge in [0.15, 0.2) is 5.78 Å². The number of hydrogen-bond donors (Lipinski definition) is 1. The average molecular weight is 366 g/mol. The molecule has 0 saturated heterocycles. The average Bonchev–Trinajstić information content (AvgIpc) is 2.71. The van der Waals surface area contributed by atoms with Crippen LogP contribution in [-0.4, -0.2) is 30.7 Å². The van der Waals surface area contributed by atoms with Crippen molar-refractivity contribution in [3.63, 3.8) is 0 Å². The molecule has 0 bridgehead atoms. The lowest BCUT2D eigenvalue weighted by atomic mass is 9.71. The highest BCUT2D eigenvalue weighted by Gasteiger charge is 2.45. The summed E-state index contributed by atoms with van der Waals surface area (Å²) in [6, 6.07) is 15.1. The molecule has 1 fully saturated rings. The molecule has 0 radical (unpaired) electrons. The van der Waals surface area contributed by atoms with Gasteiger partial charge in [-0.15, -0.1) is 0 Å². The monoisotopic (exact) mass is 366 g/mol. The molecule has 0 unspecified atom stereocenters. The highest BCUT2D eigenvalue weighted by Crippen LogP contribution is 2.40. The molecule has 2 atom stereocenters. The Morgan fingerprint density at radius 1 is 1.00 bits per heavy atom. The van der Waals surface area contributed by atoms with Crippen molar-refractivity contribution in [3.05, 3.63) is 65.2 Å². The third-order valence-electron chi connectivity index (χ3n) is 5.48. The van der Waals surface area contributed by atoms with E-state index in [0.717, 1.165) is 29.0 Å². The SMILES string of the molecule is COc1ccc(/C=C2\CCC[C@@](O)([C@@H](C)c3ccc(OC)cc3)C2=O)cc1. The molecule has 1 saturated carbocycles. The Balaban J connectivity index is 1.86. The van der Waals surface area contributed by atoms with Gasteiger partial charge < -0.3 is 14.6 Å². The summed E-state index contributed by atoms with van der Waals surface area (Å²) in [5, 5.41) is 11.3. The van der Waals surface area contributed by atoms with Crippen LogP contribution in [-0.2, 0) is 4.79 Å². The van der Waals surface area contributed by atoms with Crippen molar-refractivity contribution in [2.45, 2.75) is 37.7 Å². The van der Waals surface area contributed by atoms with E-state index < -0.39 is 5.60 Å². The highest BCUT2D eigenvalue weighted by molar-refractivity contribution is 6.06. The van der Waals surface area contributed by atoms with E-state index in [1.807, 2.05) is 61.5 Å². The second-order valence-electron chi connectivity index (χ2n) is 7.04. The van der Waals surface area contributed by atoms with Gasteiger partial charge in [-0.05, 0) is 66.3 Å². The Hall–Kier alpha value is -2.59. The second kappa shape index (κ2) is 7.97. The minimum absolute atomic E-state index is 0.173. The number of aliphatic hydroxyl groups is 1. The van der Waals surface area contributed by atoms with Crippen LogP contribution in [0, 0.1) is 0 Å². The van der Waals surface area contributed by atoms with Gasteiger partial charge in [-0.1, -0.05) is 31.2 Å². The van der Waals surface area contributed by atoms with Crippen LogP contribution < -0.4 is 9.47 Å². The molecule has 0 aliphatic heterocycles. The summed E-state index contributed by atoms with van der Waals surface area (Å²) < 4.78 is 10.4. The lowest BCUT2D eigenvalue weighted by molar-refractivity contribution is -0.138. The van der Waals surface area contributed by atoms with Crippen LogP contribution in [0.2, 0.25) is 0 Å². The zero-order valence-corrected chi connectivity index (χ0v) is 16.1. The standard InChI is InChI=1S/C23H26O4/c1-16(18-8-12-21(27-3)13-9-18)23(25)14-4-5-19(22(23)24)15-17-6-10-20(26-2)11-7-17/h6-13,15-16,25H,4-5,14H2,1-3H3/b19-15+/t16-,23+/m0/s1. The summed E-state index contributed by atoms with van der Waals surface area (Å²) in [5.74, 6) is 1.06. The van der Waals surface area contributed by atoms with Crippen LogP contribution in [0.15, 0.2) is 54.1 Å². The largest absolute Gasteiger partial charge is 0.497 e. The highest BCUT2D eigenvalue weighted by atomic mass is 16.5. The molecule has 2 aromatic carbocycles. The number of benzene rings is 2. The zero-order valence-electron chi connectivity index (χ0n) is 16.1. The number of carbonyl (C=O) groups is 1. The molecule has 2 aromatic rings. The molecule has 3 rings (SSSR count). The molecule has 1 aliphatic rings. The van der Waals surface area contributed by atoms with E-state index in [4.69, 9.17) is 9.47 Å². The molecule has 0 aromatic heterocycles. The number of hydrogen-bond acceptors (Lipinski definition) is 4. The number of ether oxygens (including phenoxy) is 2. The maximum atomic E-state index is 13.1. The van der Waals surface area contributed by atoms with Crippen molar-refractivity contribution in [3.8, 4) is 11.5 Å². The van der Waals surface area contributed by atoms with Crippen molar-refractivity contribution in [1.29, 1.82) is 0 Å². The molecular weight excluding hydrogens is 340 g/mol. The van der Waals surface area contributed by atoms with Gasteiger partial charge in [-0.3, -0.25) is 4.79 Å². The fraction of sp³-hybridized carbons (Fsp3) is 0.348. The number of ketones is 1. The first-order chi connectivity index (χ1) is 13.0.